The quantitative estimate of drug-likeness (QED) is 0.546. The molecule has 2 aromatic carbocycles. The van der Waals surface area contributed by atoms with Crippen molar-refractivity contribution in [3.8, 4) is 5.75 Å². The lowest BCUT2D eigenvalue weighted by atomic mass is 10.1. The molecule has 0 radical (unpaired) electrons. The van der Waals surface area contributed by atoms with E-state index in [1.165, 1.54) is 0 Å². The Morgan fingerprint density at radius 3 is 2.62 bits per heavy atom. The number of aryl methyl sites for hydroxylation is 2. The van der Waals surface area contributed by atoms with Crippen LogP contribution in [-0.2, 0) is 17.8 Å². The molecule has 0 spiro atoms. The Hall–Kier alpha value is -3.41. The molecule has 4 rings (SSSR count). The van der Waals surface area contributed by atoms with E-state index in [9.17, 15) is 4.79 Å². The van der Waals surface area contributed by atoms with Crippen LogP contribution in [0, 0.1) is 13.8 Å². The van der Waals surface area contributed by atoms with Crippen LogP contribution >= 0.6 is 0 Å². The molecule has 4 aromatic rings. The number of nitrogens with one attached hydrogen (secondary N) is 1. The molecule has 1 N–H and O–H groups in total. The van der Waals surface area contributed by atoms with E-state index in [0.717, 1.165) is 44.8 Å². The van der Waals surface area contributed by atoms with Crippen LogP contribution in [0.25, 0.3) is 16.6 Å². The molecule has 0 fully saturated rings. The fourth-order valence-electron chi connectivity index (χ4n) is 3.61. The standard InChI is InChI=1S/C23H24N4O2/c1-15-19(12-13-22(28)24-14-17-8-10-18(29-3)11-9-17)16(2)27-23(25-15)20-6-4-5-7-21(20)26-27/h4-11H,12-14H2,1-3H3,(H,24,28). The van der Waals surface area contributed by atoms with Crippen LogP contribution in [0.15, 0.2) is 48.5 Å². The summed E-state index contributed by atoms with van der Waals surface area (Å²) >= 11 is 0. The van der Waals surface area contributed by atoms with Crippen molar-refractivity contribution < 1.29 is 9.53 Å². The van der Waals surface area contributed by atoms with E-state index < -0.39 is 0 Å². The summed E-state index contributed by atoms with van der Waals surface area (Å²) in [7, 11) is 1.64. The number of fused-ring (bicyclic) bond motifs is 3. The Morgan fingerprint density at radius 1 is 1.10 bits per heavy atom. The van der Waals surface area contributed by atoms with Gasteiger partial charge in [0.2, 0.25) is 5.91 Å². The van der Waals surface area contributed by atoms with Crippen LogP contribution in [0.4, 0.5) is 0 Å². The maximum absolute atomic E-state index is 12.4. The molecule has 0 aliphatic heterocycles. The number of carbonyl (C=O) groups excluding carboxylic acids is 1. The van der Waals surface area contributed by atoms with Crippen LogP contribution in [0.2, 0.25) is 0 Å². The first kappa shape index (κ1) is 18.9. The fraction of sp³-hybridized carbons (Fsp3) is 0.261. The highest BCUT2D eigenvalue weighted by atomic mass is 16.5. The minimum absolute atomic E-state index is 0.0188. The van der Waals surface area contributed by atoms with Crippen molar-refractivity contribution in [2.45, 2.75) is 33.2 Å². The van der Waals surface area contributed by atoms with E-state index in [-0.39, 0.29) is 5.91 Å². The molecule has 0 aliphatic carbocycles. The number of hydrogen-bond donors (Lipinski definition) is 1. The van der Waals surface area contributed by atoms with Crippen LogP contribution < -0.4 is 10.1 Å². The van der Waals surface area contributed by atoms with Gasteiger partial charge in [-0.05, 0) is 55.7 Å². The molecule has 0 aliphatic rings. The summed E-state index contributed by atoms with van der Waals surface area (Å²) < 4.78 is 7.05. The molecular weight excluding hydrogens is 364 g/mol. The fourth-order valence-corrected chi connectivity index (χ4v) is 3.61. The van der Waals surface area contributed by atoms with Gasteiger partial charge in [-0.25, -0.2) is 9.50 Å². The zero-order valence-corrected chi connectivity index (χ0v) is 16.9. The summed E-state index contributed by atoms with van der Waals surface area (Å²) in [5, 5.41) is 8.70. The summed E-state index contributed by atoms with van der Waals surface area (Å²) in [4.78, 5) is 17.1. The molecule has 6 heteroatoms. The predicted octanol–water partition coefficient (Wildman–Crippen LogP) is 3.76. The minimum atomic E-state index is 0.0188. The number of carbonyl (C=O) groups is 1. The average Bonchev–Trinajstić information content (AvgIpc) is 3.11. The Morgan fingerprint density at radius 2 is 1.86 bits per heavy atom. The van der Waals surface area contributed by atoms with Crippen molar-refractivity contribution >= 4 is 22.5 Å². The zero-order chi connectivity index (χ0) is 20.4. The van der Waals surface area contributed by atoms with Crippen molar-refractivity contribution in [1.82, 2.24) is 19.9 Å². The molecule has 0 bridgehead atoms. The van der Waals surface area contributed by atoms with Gasteiger partial charge in [-0.2, -0.15) is 5.10 Å². The summed E-state index contributed by atoms with van der Waals surface area (Å²) in [6.07, 6.45) is 1.04. The van der Waals surface area contributed by atoms with E-state index >= 15 is 0 Å². The largest absolute Gasteiger partial charge is 0.497 e. The summed E-state index contributed by atoms with van der Waals surface area (Å²) in [5.41, 5.74) is 5.89. The lowest BCUT2D eigenvalue weighted by Crippen LogP contribution is -2.23. The van der Waals surface area contributed by atoms with Crippen LogP contribution in [0.3, 0.4) is 0 Å². The summed E-state index contributed by atoms with van der Waals surface area (Å²) in [6.45, 7) is 4.54. The van der Waals surface area contributed by atoms with Crippen LogP contribution in [0.5, 0.6) is 5.75 Å². The zero-order valence-electron chi connectivity index (χ0n) is 16.9. The number of benzene rings is 2. The lowest BCUT2D eigenvalue weighted by molar-refractivity contribution is -0.121. The van der Waals surface area contributed by atoms with Crippen molar-refractivity contribution in [2.24, 2.45) is 0 Å². The van der Waals surface area contributed by atoms with Crippen molar-refractivity contribution in [1.29, 1.82) is 0 Å². The van der Waals surface area contributed by atoms with Gasteiger partial charge in [0.1, 0.15) is 5.75 Å². The molecule has 0 saturated heterocycles. The van der Waals surface area contributed by atoms with E-state index in [1.54, 1.807) is 7.11 Å². The molecule has 1 amide bonds. The normalized spacial score (nSPS) is 11.1. The first-order chi connectivity index (χ1) is 14.1. The van der Waals surface area contributed by atoms with Gasteiger partial charge in [0.15, 0.2) is 5.65 Å². The van der Waals surface area contributed by atoms with Gasteiger partial charge in [0.05, 0.1) is 12.6 Å². The Kier molecular flexibility index (Phi) is 5.16. The van der Waals surface area contributed by atoms with Gasteiger partial charge in [0, 0.05) is 29.7 Å². The van der Waals surface area contributed by atoms with Gasteiger partial charge in [0.25, 0.3) is 0 Å². The highest BCUT2D eigenvalue weighted by molar-refractivity contribution is 5.92. The van der Waals surface area contributed by atoms with E-state index in [4.69, 9.17) is 9.72 Å². The molecule has 0 saturated carbocycles. The first-order valence-corrected chi connectivity index (χ1v) is 9.70. The predicted molar refractivity (Wildman–Crippen MR) is 113 cm³/mol. The van der Waals surface area contributed by atoms with Crippen molar-refractivity contribution in [3.05, 3.63) is 71.0 Å². The van der Waals surface area contributed by atoms with E-state index in [1.807, 2.05) is 66.9 Å². The molecule has 0 atom stereocenters. The summed E-state index contributed by atoms with van der Waals surface area (Å²) in [5.74, 6) is 0.825. The highest BCUT2D eigenvalue weighted by Gasteiger charge is 2.14. The SMILES string of the molecule is COc1ccc(CNC(=O)CCc2c(C)nc3c4ccccc4nn3c2C)cc1. The second-order valence-electron chi connectivity index (χ2n) is 7.14. The molecule has 29 heavy (non-hydrogen) atoms. The molecule has 0 unspecified atom stereocenters. The average molecular weight is 388 g/mol. The number of ether oxygens (including phenoxy) is 1. The van der Waals surface area contributed by atoms with Crippen molar-refractivity contribution in [2.75, 3.05) is 7.11 Å². The Balaban J connectivity index is 1.46. The van der Waals surface area contributed by atoms with E-state index in [2.05, 4.69) is 10.4 Å². The molecular formula is C23H24N4O2. The monoisotopic (exact) mass is 388 g/mol. The second kappa shape index (κ2) is 7.91. The van der Waals surface area contributed by atoms with E-state index in [0.29, 0.717) is 19.4 Å². The van der Waals surface area contributed by atoms with Crippen molar-refractivity contribution in [3.63, 3.8) is 0 Å². The highest BCUT2D eigenvalue weighted by Crippen LogP contribution is 2.23. The minimum Gasteiger partial charge on any atom is -0.497 e. The number of aromatic nitrogens is 3. The maximum atomic E-state index is 12.4. The van der Waals surface area contributed by atoms with Crippen LogP contribution in [0.1, 0.15) is 28.9 Å². The van der Waals surface area contributed by atoms with Gasteiger partial charge in [-0.15, -0.1) is 0 Å². The Labute approximate surface area is 169 Å². The molecule has 6 nitrogen and oxygen atoms in total. The number of methoxy groups -OCH3 is 1. The lowest BCUT2D eigenvalue weighted by Gasteiger charge is -2.11. The summed E-state index contributed by atoms with van der Waals surface area (Å²) in [6, 6.07) is 15.7. The third kappa shape index (κ3) is 3.78. The Bertz CT molecular complexity index is 1180. The first-order valence-electron chi connectivity index (χ1n) is 9.70. The maximum Gasteiger partial charge on any atom is 0.220 e. The van der Waals surface area contributed by atoms with Gasteiger partial charge < -0.3 is 10.1 Å². The number of amides is 1. The topological polar surface area (TPSA) is 68.5 Å². The number of nitrogens with zero attached hydrogens (tertiary/aromatic N) is 3. The van der Waals surface area contributed by atoms with Gasteiger partial charge in [-0.3, -0.25) is 4.79 Å². The smallest absolute Gasteiger partial charge is 0.220 e. The van der Waals surface area contributed by atoms with Gasteiger partial charge >= 0.3 is 0 Å². The second-order valence-corrected chi connectivity index (χ2v) is 7.14. The molecule has 148 valence electrons. The number of rotatable bonds is 6. The third-order valence-electron chi connectivity index (χ3n) is 5.27. The molecule has 2 aromatic heterocycles. The molecule has 2 heterocycles. The van der Waals surface area contributed by atoms with Gasteiger partial charge in [-0.1, -0.05) is 24.3 Å². The third-order valence-corrected chi connectivity index (χ3v) is 5.27. The van der Waals surface area contributed by atoms with Crippen LogP contribution in [-0.4, -0.2) is 27.6 Å². The number of hydrogen-bond acceptors (Lipinski definition) is 4.